The number of hydrogen-bond acceptors (Lipinski definition) is 3. The first kappa shape index (κ1) is 9.37. The third-order valence-corrected chi connectivity index (χ3v) is 2.49. The minimum absolute atomic E-state index is 0.457. The lowest BCUT2D eigenvalue weighted by Crippen LogP contribution is -2.29. The Kier molecular flexibility index (Phi) is 2.91. The summed E-state index contributed by atoms with van der Waals surface area (Å²) in [7, 11) is 0. The normalized spacial score (nSPS) is 23.2. The molecule has 1 aliphatic rings. The number of halogens is 1. The molecular formula is C10H14FN3. The second-order valence-electron chi connectivity index (χ2n) is 3.60. The quantitative estimate of drug-likeness (QED) is 0.684. The number of nitrogens with zero attached hydrogens (tertiary/aromatic N) is 3. The molecule has 1 aliphatic heterocycles. The second-order valence-corrected chi connectivity index (χ2v) is 3.60. The zero-order valence-electron chi connectivity index (χ0n) is 8.06. The lowest BCUT2D eigenvalue weighted by Gasteiger charge is -2.21. The van der Waals surface area contributed by atoms with Crippen molar-refractivity contribution < 1.29 is 4.39 Å². The molecule has 2 rings (SSSR count). The lowest BCUT2D eigenvalue weighted by molar-refractivity contribution is 0.323. The summed E-state index contributed by atoms with van der Waals surface area (Å²) in [4.78, 5) is 10.1. The van der Waals surface area contributed by atoms with Crippen LogP contribution in [0.5, 0.6) is 0 Å². The highest BCUT2D eigenvalue weighted by Gasteiger charge is 2.18. The van der Waals surface area contributed by atoms with Gasteiger partial charge in [-0.3, -0.25) is 4.98 Å². The van der Waals surface area contributed by atoms with E-state index in [4.69, 9.17) is 0 Å². The molecule has 2 heterocycles. The van der Waals surface area contributed by atoms with Crippen LogP contribution in [0.15, 0.2) is 18.6 Å². The van der Waals surface area contributed by atoms with Crippen molar-refractivity contribution in [1.82, 2.24) is 9.97 Å². The van der Waals surface area contributed by atoms with Gasteiger partial charge < -0.3 is 4.90 Å². The molecule has 0 spiro atoms. The third kappa shape index (κ3) is 2.19. The number of aromatic nitrogens is 2. The van der Waals surface area contributed by atoms with E-state index in [1.807, 2.05) is 4.90 Å². The number of anilines is 1. The van der Waals surface area contributed by atoms with Crippen molar-refractivity contribution in [3.63, 3.8) is 0 Å². The summed E-state index contributed by atoms with van der Waals surface area (Å²) in [5.41, 5.74) is 0. The summed E-state index contributed by atoms with van der Waals surface area (Å²) < 4.78 is 13.3. The predicted molar refractivity (Wildman–Crippen MR) is 53.0 cm³/mol. The van der Waals surface area contributed by atoms with Crippen LogP contribution in [0.4, 0.5) is 10.2 Å². The summed E-state index contributed by atoms with van der Waals surface area (Å²) in [5.74, 6) is 0.789. The molecule has 0 saturated carbocycles. The molecule has 0 amide bonds. The van der Waals surface area contributed by atoms with Gasteiger partial charge >= 0.3 is 0 Å². The maximum absolute atomic E-state index is 13.3. The molecule has 1 fully saturated rings. The van der Waals surface area contributed by atoms with E-state index in [0.717, 1.165) is 25.2 Å². The monoisotopic (exact) mass is 195 g/mol. The topological polar surface area (TPSA) is 29.0 Å². The molecular weight excluding hydrogens is 181 g/mol. The first-order valence-electron chi connectivity index (χ1n) is 5.01. The van der Waals surface area contributed by atoms with Crippen molar-refractivity contribution in [3.05, 3.63) is 18.6 Å². The molecule has 0 aromatic carbocycles. The Morgan fingerprint density at radius 2 is 2.29 bits per heavy atom. The van der Waals surface area contributed by atoms with Gasteiger partial charge in [-0.2, -0.15) is 0 Å². The average Bonchev–Trinajstić information content (AvgIpc) is 2.44. The predicted octanol–water partition coefficient (Wildman–Crippen LogP) is 1.81. The Morgan fingerprint density at radius 3 is 3.07 bits per heavy atom. The molecule has 0 radical (unpaired) electrons. The molecule has 1 atom stereocenters. The van der Waals surface area contributed by atoms with Crippen LogP contribution in [0.1, 0.15) is 19.3 Å². The van der Waals surface area contributed by atoms with Crippen LogP contribution in [-0.2, 0) is 0 Å². The summed E-state index contributed by atoms with van der Waals surface area (Å²) in [5, 5.41) is 0. The Morgan fingerprint density at radius 1 is 1.36 bits per heavy atom. The van der Waals surface area contributed by atoms with Crippen LogP contribution >= 0.6 is 0 Å². The van der Waals surface area contributed by atoms with Gasteiger partial charge in [-0.05, 0) is 19.3 Å². The molecule has 1 unspecified atom stereocenters. The van der Waals surface area contributed by atoms with Crippen molar-refractivity contribution in [2.24, 2.45) is 0 Å². The van der Waals surface area contributed by atoms with E-state index in [1.165, 1.54) is 0 Å². The van der Waals surface area contributed by atoms with Gasteiger partial charge in [0.15, 0.2) is 0 Å². The van der Waals surface area contributed by atoms with E-state index in [2.05, 4.69) is 9.97 Å². The van der Waals surface area contributed by atoms with Crippen molar-refractivity contribution >= 4 is 5.82 Å². The number of hydrogen-bond donors (Lipinski definition) is 0. The maximum Gasteiger partial charge on any atom is 0.147 e. The SMILES string of the molecule is FC1CCCCN(c2cnccn2)C1. The van der Waals surface area contributed by atoms with E-state index in [0.29, 0.717) is 13.0 Å². The second kappa shape index (κ2) is 4.35. The Balaban J connectivity index is 2.09. The van der Waals surface area contributed by atoms with E-state index >= 15 is 0 Å². The molecule has 3 nitrogen and oxygen atoms in total. The summed E-state index contributed by atoms with van der Waals surface area (Å²) in [6.07, 6.45) is 6.94. The van der Waals surface area contributed by atoms with Crippen LogP contribution in [0.2, 0.25) is 0 Å². The maximum atomic E-state index is 13.3. The summed E-state index contributed by atoms with van der Waals surface area (Å²) in [6.45, 7) is 1.35. The average molecular weight is 195 g/mol. The van der Waals surface area contributed by atoms with Crippen LogP contribution in [-0.4, -0.2) is 29.2 Å². The Hall–Kier alpha value is -1.19. The van der Waals surface area contributed by atoms with Crippen LogP contribution in [0.25, 0.3) is 0 Å². The van der Waals surface area contributed by atoms with Gasteiger partial charge in [0.2, 0.25) is 0 Å². The van der Waals surface area contributed by atoms with Gasteiger partial charge in [0.05, 0.1) is 12.7 Å². The Bertz CT molecular complexity index is 278. The van der Waals surface area contributed by atoms with Gasteiger partial charge in [-0.1, -0.05) is 0 Å². The zero-order valence-corrected chi connectivity index (χ0v) is 8.06. The smallest absolute Gasteiger partial charge is 0.147 e. The minimum atomic E-state index is -0.723. The van der Waals surface area contributed by atoms with Gasteiger partial charge in [0, 0.05) is 18.9 Å². The van der Waals surface area contributed by atoms with Crippen LogP contribution < -0.4 is 4.90 Å². The Labute approximate surface area is 83.0 Å². The highest BCUT2D eigenvalue weighted by atomic mass is 19.1. The molecule has 4 heteroatoms. The van der Waals surface area contributed by atoms with Gasteiger partial charge in [0.1, 0.15) is 12.0 Å². The molecule has 1 aromatic rings. The van der Waals surface area contributed by atoms with Gasteiger partial charge in [0.25, 0.3) is 0 Å². The number of alkyl halides is 1. The van der Waals surface area contributed by atoms with Gasteiger partial charge in [-0.25, -0.2) is 9.37 Å². The molecule has 0 bridgehead atoms. The van der Waals surface area contributed by atoms with Crippen molar-refractivity contribution in [2.45, 2.75) is 25.4 Å². The fourth-order valence-corrected chi connectivity index (χ4v) is 1.75. The van der Waals surface area contributed by atoms with Crippen LogP contribution in [0, 0.1) is 0 Å². The molecule has 0 N–H and O–H groups in total. The summed E-state index contributed by atoms with van der Waals surface area (Å²) >= 11 is 0. The first-order chi connectivity index (χ1) is 6.86. The van der Waals surface area contributed by atoms with E-state index in [-0.39, 0.29) is 0 Å². The van der Waals surface area contributed by atoms with Crippen molar-refractivity contribution in [1.29, 1.82) is 0 Å². The standard InChI is InChI=1S/C10H14FN3/c11-9-3-1-2-6-14(8-9)10-7-12-4-5-13-10/h4-5,7,9H,1-3,6,8H2. The molecule has 1 aromatic heterocycles. The highest BCUT2D eigenvalue weighted by molar-refractivity contribution is 5.35. The van der Waals surface area contributed by atoms with Crippen molar-refractivity contribution in [2.75, 3.05) is 18.0 Å². The number of rotatable bonds is 1. The highest BCUT2D eigenvalue weighted by Crippen LogP contribution is 2.17. The van der Waals surface area contributed by atoms with Crippen molar-refractivity contribution in [3.8, 4) is 0 Å². The summed E-state index contributed by atoms with van der Waals surface area (Å²) in [6, 6.07) is 0. The fourth-order valence-electron chi connectivity index (χ4n) is 1.75. The first-order valence-corrected chi connectivity index (χ1v) is 5.01. The third-order valence-electron chi connectivity index (χ3n) is 2.49. The van der Waals surface area contributed by atoms with E-state index < -0.39 is 6.17 Å². The minimum Gasteiger partial charge on any atom is -0.352 e. The molecule has 1 saturated heterocycles. The fraction of sp³-hybridized carbons (Fsp3) is 0.600. The zero-order chi connectivity index (χ0) is 9.80. The molecule has 0 aliphatic carbocycles. The molecule has 76 valence electrons. The van der Waals surface area contributed by atoms with Gasteiger partial charge in [-0.15, -0.1) is 0 Å². The molecule has 14 heavy (non-hydrogen) atoms. The largest absolute Gasteiger partial charge is 0.352 e. The van der Waals surface area contributed by atoms with E-state index in [1.54, 1.807) is 18.6 Å². The van der Waals surface area contributed by atoms with E-state index in [9.17, 15) is 4.39 Å². The lowest BCUT2D eigenvalue weighted by atomic mass is 10.2. The van der Waals surface area contributed by atoms with Crippen LogP contribution in [0.3, 0.4) is 0 Å².